The molecule has 1 aromatic heterocycles. The summed E-state index contributed by atoms with van der Waals surface area (Å²) < 4.78 is 0.967. The Morgan fingerprint density at radius 2 is 1.90 bits per heavy atom. The quantitative estimate of drug-likeness (QED) is 0.843. The summed E-state index contributed by atoms with van der Waals surface area (Å²) in [6.07, 6.45) is 0. The zero-order valence-corrected chi connectivity index (χ0v) is 11.0. The lowest BCUT2D eigenvalue weighted by molar-refractivity contribution is 0.101. The van der Waals surface area contributed by atoms with Gasteiger partial charge in [0.25, 0.3) is 5.56 Å². The van der Waals surface area contributed by atoms with E-state index in [0.717, 1.165) is 16.2 Å². The summed E-state index contributed by atoms with van der Waals surface area (Å²) in [7, 11) is 0. The number of carbonyl (C=O) groups excluding carboxylic acids is 1. The average Bonchev–Trinajstić information content (AvgIpc) is 2.41. The van der Waals surface area contributed by atoms with Gasteiger partial charge >= 0.3 is 0 Å². The second-order valence-electron chi connectivity index (χ2n) is 4.44. The molecule has 0 saturated heterocycles. The summed E-state index contributed by atoms with van der Waals surface area (Å²) in [6.45, 7) is 3.15. The molecule has 0 spiro atoms. The number of rotatable bonds is 2. The molecular formula is C15H12N2O3. The van der Waals surface area contributed by atoms with Gasteiger partial charge in [0.1, 0.15) is 11.6 Å². The summed E-state index contributed by atoms with van der Waals surface area (Å²) in [5, 5.41) is 19.1. The van der Waals surface area contributed by atoms with Gasteiger partial charge in [0.2, 0.25) is 5.88 Å². The van der Waals surface area contributed by atoms with Gasteiger partial charge in [-0.15, -0.1) is 0 Å². The van der Waals surface area contributed by atoms with E-state index in [-0.39, 0.29) is 11.1 Å². The Morgan fingerprint density at radius 1 is 1.30 bits per heavy atom. The van der Waals surface area contributed by atoms with Gasteiger partial charge in [0, 0.05) is 0 Å². The molecule has 1 N–H and O–H groups in total. The van der Waals surface area contributed by atoms with E-state index in [1.807, 2.05) is 6.92 Å². The normalized spacial score (nSPS) is 10.1. The van der Waals surface area contributed by atoms with Gasteiger partial charge in [0.05, 0.1) is 11.3 Å². The van der Waals surface area contributed by atoms with Crippen molar-refractivity contribution >= 4 is 5.78 Å². The highest BCUT2D eigenvalue weighted by atomic mass is 16.3. The first kappa shape index (κ1) is 13.6. The molecule has 1 heterocycles. The molecule has 2 aromatic rings. The molecule has 0 atom stereocenters. The second kappa shape index (κ2) is 5.02. The predicted octanol–water partition coefficient (Wildman–Crippen LogP) is 1.93. The molecule has 0 amide bonds. The number of aromatic nitrogens is 1. The molecule has 0 aliphatic carbocycles. The van der Waals surface area contributed by atoms with E-state index in [0.29, 0.717) is 5.69 Å². The summed E-state index contributed by atoms with van der Waals surface area (Å²) in [5.41, 5.74) is 0.497. The largest absolute Gasteiger partial charge is 0.494 e. The van der Waals surface area contributed by atoms with Crippen molar-refractivity contribution in [3.63, 3.8) is 0 Å². The van der Waals surface area contributed by atoms with Gasteiger partial charge in [-0.2, -0.15) is 5.26 Å². The minimum absolute atomic E-state index is 0.0540. The third kappa shape index (κ3) is 2.19. The highest BCUT2D eigenvalue weighted by Gasteiger charge is 2.17. The maximum absolute atomic E-state index is 12.2. The Balaban J connectivity index is 2.84. The maximum Gasteiger partial charge on any atom is 0.275 e. The molecule has 0 unspecified atom stereocenters. The van der Waals surface area contributed by atoms with E-state index in [9.17, 15) is 14.7 Å². The summed E-state index contributed by atoms with van der Waals surface area (Å²) in [5.74, 6) is -0.870. The molecule has 0 aliphatic rings. The lowest BCUT2D eigenvalue weighted by Crippen LogP contribution is -2.22. The predicted molar refractivity (Wildman–Crippen MR) is 73.2 cm³/mol. The van der Waals surface area contributed by atoms with E-state index < -0.39 is 17.2 Å². The number of aryl methyl sites for hydroxylation is 1. The fourth-order valence-corrected chi connectivity index (χ4v) is 1.88. The number of nitriles is 1. The van der Waals surface area contributed by atoms with Crippen molar-refractivity contribution in [2.75, 3.05) is 0 Å². The molecular weight excluding hydrogens is 256 g/mol. The van der Waals surface area contributed by atoms with Crippen molar-refractivity contribution in [3.8, 4) is 17.6 Å². The molecule has 1 aromatic carbocycles. The Labute approximate surface area is 115 Å². The van der Waals surface area contributed by atoms with Gasteiger partial charge in [-0.05, 0) is 32.0 Å². The molecule has 0 aliphatic heterocycles. The molecule has 5 nitrogen and oxygen atoms in total. The number of aromatic hydroxyl groups is 1. The second-order valence-corrected chi connectivity index (χ2v) is 4.44. The average molecular weight is 268 g/mol. The molecule has 100 valence electrons. The highest BCUT2D eigenvalue weighted by Crippen LogP contribution is 2.21. The van der Waals surface area contributed by atoms with Crippen LogP contribution < -0.4 is 5.56 Å². The van der Waals surface area contributed by atoms with Crippen molar-refractivity contribution in [1.82, 2.24) is 4.57 Å². The van der Waals surface area contributed by atoms with Crippen molar-refractivity contribution in [2.24, 2.45) is 0 Å². The SMILES string of the molecule is CC(=O)c1cc(C#N)c(=O)n(-c2ccc(C)cc2)c1O. The van der Waals surface area contributed by atoms with Crippen LogP contribution in [0.5, 0.6) is 5.88 Å². The van der Waals surface area contributed by atoms with Crippen LogP contribution in [0.25, 0.3) is 5.69 Å². The van der Waals surface area contributed by atoms with Crippen LogP contribution in [0.2, 0.25) is 0 Å². The zero-order chi connectivity index (χ0) is 14.9. The number of hydrogen-bond donors (Lipinski definition) is 1. The third-order valence-corrected chi connectivity index (χ3v) is 2.97. The van der Waals surface area contributed by atoms with Crippen LogP contribution in [-0.4, -0.2) is 15.5 Å². The fraction of sp³-hybridized carbons (Fsp3) is 0.133. The van der Waals surface area contributed by atoms with E-state index in [1.165, 1.54) is 6.92 Å². The Kier molecular flexibility index (Phi) is 3.40. The van der Waals surface area contributed by atoms with Gasteiger partial charge in [-0.3, -0.25) is 9.59 Å². The fourth-order valence-electron chi connectivity index (χ4n) is 1.88. The van der Waals surface area contributed by atoms with Gasteiger partial charge in [0.15, 0.2) is 5.78 Å². The molecule has 2 rings (SSSR count). The summed E-state index contributed by atoms with van der Waals surface area (Å²) in [4.78, 5) is 23.6. The smallest absolute Gasteiger partial charge is 0.275 e. The van der Waals surface area contributed by atoms with Crippen LogP contribution in [-0.2, 0) is 0 Å². The molecule has 0 saturated carbocycles. The number of pyridine rings is 1. The summed E-state index contributed by atoms with van der Waals surface area (Å²) >= 11 is 0. The van der Waals surface area contributed by atoms with E-state index in [2.05, 4.69) is 0 Å². The third-order valence-electron chi connectivity index (χ3n) is 2.97. The Bertz CT molecular complexity index is 780. The number of hydrogen-bond acceptors (Lipinski definition) is 4. The molecule has 0 radical (unpaired) electrons. The Hall–Kier alpha value is -2.87. The monoisotopic (exact) mass is 268 g/mol. The first-order valence-electron chi connectivity index (χ1n) is 5.92. The highest BCUT2D eigenvalue weighted by molar-refractivity contribution is 5.96. The van der Waals surface area contributed by atoms with Crippen LogP contribution in [0.15, 0.2) is 35.1 Å². The lowest BCUT2D eigenvalue weighted by Gasteiger charge is -2.12. The lowest BCUT2D eigenvalue weighted by atomic mass is 10.1. The summed E-state index contributed by atoms with van der Waals surface area (Å²) in [6, 6.07) is 9.68. The first-order chi connectivity index (χ1) is 9.45. The number of Topliss-reactive ketones (excluding diaryl/α,β-unsaturated/α-hetero) is 1. The van der Waals surface area contributed by atoms with E-state index in [4.69, 9.17) is 5.26 Å². The molecule has 5 heteroatoms. The topological polar surface area (TPSA) is 83.1 Å². The van der Waals surface area contributed by atoms with Crippen molar-refractivity contribution < 1.29 is 9.90 Å². The number of benzene rings is 1. The minimum Gasteiger partial charge on any atom is -0.494 e. The molecule has 0 fully saturated rings. The van der Waals surface area contributed by atoms with Gasteiger partial charge in [-0.25, -0.2) is 4.57 Å². The molecule has 0 bridgehead atoms. The van der Waals surface area contributed by atoms with E-state index in [1.54, 1.807) is 30.3 Å². The number of ketones is 1. The number of nitrogens with zero attached hydrogens (tertiary/aromatic N) is 2. The number of carbonyl (C=O) groups is 1. The molecule has 20 heavy (non-hydrogen) atoms. The van der Waals surface area contributed by atoms with Crippen LogP contribution in [0, 0.1) is 18.3 Å². The standard InChI is InChI=1S/C15H12N2O3/c1-9-3-5-12(6-4-9)17-14(19)11(8-16)7-13(10(2)18)15(17)20/h3-7,20H,1-2H3. The van der Waals surface area contributed by atoms with E-state index >= 15 is 0 Å². The van der Waals surface area contributed by atoms with Crippen LogP contribution >= 0.6 is 0 Å². The maximum atomic E-state index is 12.2. The minimum atomic E-state index is -0.654. The van der Waals surface area contributed by atoms with Gasteiger partial charge < -0.3 is 5.11 Å². The Morgan fingerprint density at radius 3 is 2.40 bits per heavy atom. The first-order valence-corrected chi connectivity index (χ1v) is 5.92. The van der Waals surface area contributed by atoms with Crippen LogP contribution in [0.4, 0.5) is 0 Å². The zero-order valence-electron chi connectivity index (χ0n) is 11.0. The van der Waals surface area contributed by atoms with Crippen molar-refractivity contribution in [2.45, 2.75) is 13.8 Å². The van der Waals surface area contributed by atoms with Crippen molar-refractivity contribution in [1.29, 1.82) is 5.26 Å². The van der Waals surface area contributed by atoms with Gasteiger partial charge in [-0.1, -0.05) is 17.7 Å². The van der Waals surface area contributed by atoms with Crippen LogP contribution in [0.3, 0.4) is 0 Å². The van der Waals surface area contributed by atoms with Crippen molar-refractivity contribution in [3.05, 3.63) is 57.4 Å². The van der Waals surface area contributed by atoms with Crippen LogP contribution in [0.1, 0.15) is 28.4 Å².